The lowest BCUT2D eigenvalue weighted by atomic mass is 9.87. The quantitative estimate of drug-likeness (QED) is 0.892. The standard InChI is InChI=1S/C15H16N2O3/c1-17-13(18)8-4-7-12(15(19)20)14(17)11-6-3-2-5-10(11)9-16/h2-3,5-6,12,14H,4,7-8H2,1H3,(H,19,20). The predicted molar refractivity (Wildman–Crippen MR) is 71.6 cm³/mol. The number of aliphatic carboxylic acids is 1. The van der Waals surface area contributed by atoms with Crippen molar-refractivity contribution >= 4 is 11.9 Å². The molecule has 1 saturated heterocycles. The Morgan fingerprint density at radius 2 is 2.15 bits per heavy atom. The smallest absolute Gasteiger partial charge is 0.308 e. The van der Waals surface area contributed by atoms with Gasteiger partial charge in [-0.05, 0) is 24.5 Å². The Morgan fingerprint density at radius 1 is 1.45 bits per heavy atom. The van der Waals surface area contributed by atoms with Crippen molar-refractivity contribution < 1.29 is 14.7 Å². The van der Waals surface area contributed by atoms with Crippen molar-refractivity contribution in [1.82, 2.24) is 4.90 Å². The first kappa shape index (κ1) is 14.1. The van der Waals surface area contributed by atoms with Crippen LogP contribution in [0.5, 0.6) is 0 Å². The van der Waals surface area contributed by atoms with Crippen molar-refractivity contribution in [3.8, 4) is 6.07 Å². The van der Waals surface area contributed by atoms with E-state index >= 15 is 0 Å². The fourth-order valence-corrected chi connectivity index (χ4v) is 2.77. The molecule has 1 aromatic rings. The van der Waals surface area contributed by atoms with Gasteiger partial charge in [0.05, 0.1) is 23.6 Å². The van der Waals surface area contributed by atoms with Crippen molar-refractivity contribution in [1.29, 1.82) is 5.26 Å². The molecule has 2 unspecified atom stereocenters. The van der Waals surface area contributed by atoms with E-state index in [1.54, 1.807) is 31.3 Å². The van der Waals surface area contributed by atoms with Crippen LogP contribution in [0.4, 0.5) is 0 Å². The van der Waals surface area contributed by atoms with Gasteiger partial charge in [-0.15, -0.1) is 0 Å². The lowest BCUT2D eigenvalue weighted by molar-refractivity contribution is -0.145. The molecule has 0 radical (unpaired) electrons. The molecule has 1 amide bonds. The second-order valence-corrected chi connectivity index (χ2v) is 4.99. The SMILES string of the molecule is CN1C(=O)CCCC(C(=O)O)C1c1ccccc1C#N. The summed E-state index contributed by atoms with van der Waals surface area (Å²) in [6.07, 6.45) is 1.35. The zero-order chi connectivity index (χ0) is 14.7. The molecule has 1 heterocycles. The highest BCUT2D eigenvalue weighted by Crippen LogP contribution is 2.36. The summed E-state index contributed by atoms with van der Waals surface area (Å²) >= 11 is 0. The van der Waals surface area contributed by atoms with E-state index in [-0.39, 0.29) is 5.91 Å². The van der Waals surface area contributed by atoms with Gasteiger partial charge in [0.25, 0.3) is 0 Å². The van der Waals surface area contributed by atoms with Crippen molar-refractivity contribution in [2.75, 3.05) is 7.05 Å². The van der Waals surface area contributed by atoms with E-state index in [1.165, 1.54) is 4.90 Å². The minimum atomic E-state index is -0.927. The average Bonchev–Trinajstić information content (AvgIpc) is 2.59. The number of nitrogens with zero attached hydrogens (tertiary/aromatic N) is 2. The van der Waals surface area contributed by atoms with Crippen LogP contribution in [0, 0.1) is 17.2 Å². The second-order valence-electron chi connectivity index (χ2n) is 4.99. The van der Waals surface area contributed by atoms with Gasteiger partial charge in [-0.1, -0.05) is 18.2 Å². The van der Waals surface area contributed by atoms with Crippen molar-refractivity contribution in [2.24, 2.45) is 5.92 Å². The van der Waals surface area contributed by atoms with Crippen molar-refractivity contribution in [3.05, 3.63) is 35.4 Å². The Balaban J connectivity index is 2.54. The zero-order valence-electron chi connectivity index (χ0n) is 11.2. The number of carboxylic acid groups (broad SMARTS) is 1. The molecular weight excluding hydrogens is 256 g/mol. The number of carbonyl (C=O) groups excluding carboxylic acids is 1. The summed E-state index contributed by atoms with van der Waals surface area (Å²) in [4.78, 5) is 25.0. The number of carboxylic acids is 1. The molecule has 0 aliphatic carbocycles. The van der Waals surface area contributed by atoms with E-state index in [9.17, 15) is 20.0 Å². The Labute approximate surface area is 117 Å². The number of hydrogen-bond acceptors (Lipinski definition) is 3. The lowest BCUT2D eigenvalue weighted by Gasteiger charge is -2.31. The summed E-state index contributed by atoms with van der Waals surface area (Å²) in [5.74, 6) is -1.68. The van der Waals surface area contributed by atoms with Gasteiger partial charge in [-0.2, -0.15) is 5.26 Å². The van der Waals surface area contributed by atoms with E-state index in [1.807, 2.05) is 0 Å². The molecule has 20 heavy (non-hydrogen) atoms. The third-order valence-corrected chi connectivity index (χ3v) is 3.81. The summed E-state index contributed by atoms with van der Waals surface area (Å²) < 4.78 is 0. The number of carbonyl (C=O) groups is 2. The topological polar surface area (TPSA) is 81.4 Å². The van der Waals surface area contributed by atoms with Gasteiger partial charge < -0.3 is 10.0 Å². The summed E-state index contributed by atoms with van der Waals surface area (Å²) in [5.41, 5.74) is 1.03. The molecule has 5 nitrogen and oxygen atoms in total. The van der Waals surface area contributed by atoms with Crippen molar-refractivity contribution in [3.63, 3.8) is 0 Å². The predicted octanol–water partition coefficient (Wildman–Crippen LogP) is 1.94. The first-order chi connectivity index (χ1) is 9.56. The molecule has 1 aromatic carbocycles. The molecule has 2 rings (SSSR count). The molecule has 104 valence electrons. The number of benzene rings is 1. The summed E-state index contributed by atoms with van der Waals surface area (Å²) in [6.45, 7) is 0. The highest BCUT2D eigenvalue weighted by molar-refractivity contribution is 5.79. The van der Waals surface area contributed by atoms with Gasteiger partial charge >= 0.3 is 5.97 Å². The molecule has 1 fully saturated rings. The van der Waals surface area contributed by atoms with Crippen LogP contribution in [0.3, 0.4) is 0 Å². The molecule has 1 N–H and O–H groups in total. The summed E-state index contributed by atoms with van der Waals surface area (Å²) in [6, 6.07) is 8.37. The van der Waals surface area contributed by atoms with Gasteiger partial charge in [0.2, 0.25) is 5.91 Å². The van der Waals surface area contributed by atoms with Crippen LogP contribution in [-0.4, -0.2) is 28.9 Å². The highest BCUT2D eigenvalue weighted by atomic mass is 16.4. The van der Waals surface area contributed by atoms with Crippen LogP contribution in [0.25, 0.3) is 0 Å². The van der Waals surface area contributed by atoms with Gasteiger partial charge in [-0.3, -0.25) is 9.59 Å². The molecule has 5 heteroatoms. The normalized spacial score (nSPS) is 23.0. The maximum Gasteiger partial charge on any atom is 0.308 e. The van der Waals surface area contributed by atoms with Gasteiger partial charge in [0.1, 0.15) is 0 Å². The Kier molecular flexibility index (Phi) is 4.04. The van der Waals surface area contributed by atoms with Gasteiger partial charge in [0, 0.05) is 13.5 Å². The number of nitriles is 1. The number of rotatable bonds is 2. The monoisotopic (exact) mass is 272 g/mol. The molecule has 0 saturated carbocycles. The minimum Gasteiger partial charge on any atom is -0.481 e. The maximum atomic E-state index is 12.0. The van der Waals surface area contributed by atoms with Crippen LogP contribution < -0.4 is 0 Å². The van der Waals surface area contributed by atoms with E-state index < -0.39 is 17.9 Å². The Bertz CT molecular complexity index is 577. The van der Waals surface area contributed by atoms with Crippen LogP contribution in [0.15, 0.2) is 24.3 Å². The number of amides is 1. The largest absolute Gasteiger partial charge is 0.481 e. The van der Waals surface area contributed by atoms with Crippen LogP contribution in [0.2, 0.25) is 0 Å². The molecule has 0 aromatic heterocycles. The zero-order valence-corrected chi connectivity index (χ0v) is 11.2. The number of likely N-dealkylation sites (tertiary alicyclic amines) is 1. The van der Waals surface area contributed by atoms with Gasteiger partial charge in [0.15, 0.2) is 0 Å². The summed E-state index contributed by atoms with van der Waals surface area (Å²) in [7, 11) is 1.61. The molecule has 1 aliphatic rings. The van der Waals surface area contributed by atoms with E-state index in [0.29, 0.717) is 30.4 Å². The summed E-state index contributed by atoms with van der Waals surface area (Å²) in [5, 5.41) is 18.6. The minimum absolute atomic E-state index is 0.0773. The first-order valence-electron chi connectivity index (χ1n) is 6.53. The fraction of sp³-hybridized carbons (Fsp3) is 0.400. The van der Waals surface area contributed by atoms with E-state index in [4.69, 9.17) is 0 Å². The van der Waals surface area contributed by atoms with E-state index in [0.717, 1.165) is 0 Å². The van der Waals surface area contributed by atoms with Crippen LogP contribution in [0.1, 0.15) is 36.4 Å². The van der Waals surface area contributed by atoms with Crippen LogP contribution in [-0.2, 0) is 9.59 Å². The average molecular weight is 272 g/mol. The first-order valence-corrected chi connectivity index (χ1v) is 6.53. The third kappa shape index (κ3) is 2.50. The van der Waals surface area contributed by atoms with Gasteiger partial charge in [-0.25, -0.2) is 0 Å². The third-order valence-electron chi connectivity index (χ3n) is 3.81. The number of hydrogen-bond donors (Lipinski definition) is 1. The second kappa shape index (κ2) is 5.74. The Hall–Kier alpha value is -2.35. The van der Waals surface area contributed by atoms with Crippen LogP contribution >= 0.6 is 0 Å². The Morgan fingerprint density at radius 3 is 2.80 bits per heavy atom. The molecule has 0 spiro atoms. The molecule has 1 aliphatic heterocycles. The maximum absolute atomic E-state index is 12.0. The van der Waals surface area contributed by atoms with Crippen molar-refractivity contribution in [2.45, 2.75) is 25.3 Å². The lowest BCUT2D eigenvalue weighted by Crippen LogP contribution is -2.36. The van der Waals surface area contributed by atoms with E-state index in [2.05, 4.69) is 6.07 Å². The highest BCUT2D eigenvalue weighted by Gasteiger charge is 2.37. The molecule has 2 atom stereocenters. The molecule has 0 bridgehead atoms. The fourth-order valence-electron chi connectivity index (χ4n) is 2.77. The molecular formula is C15H16N2O3.